The number of rotatable bonds is 3. The van der Waals surface area contributed by atoms with Crippen LogP contribution in [0.5, 0.6) is 0 Å². The zero-order valence-corrected chi connectivity index (χ0v) is 13.8. The molecule has 1 aliphatic rings. The molecule has 0 radical (unpaired) electrons. The molecule has 0 bridgehead atoms. The van der Waals surface area contributed by atoms with Crippen molar-refractivity contribution in [1.82, 2.24) is 0 Å². The molecule has 124 valence electrons. The molecule has 2 aromatic rings. The number of ether oxygens (including phenoxy) is 1. The van der Waals surface area contributed by atoms with Gasteiger partial charge in [-0.2, -0.15) is 0 Å². The van der Waals surface area contributed by atoms with Crippen LogP contribution in [0.4, 0.5) is 0 Å². The number of allylic oxidation sites excluding steroid dienone is 2. The monoisotopic (exact) mass is 331 g/mol. The van der Waals surface area contributed by atoms with Gasteiger partial charge in [-0.15, -0.1) is 0 Å². The van der Waals surface area contributed by atoms with Crippen molar-refractivity contribution in [3.63, 3.8) is 0 Å². The van der Waals surface area contributed by atoms with E-state index in [-0.39, 0.29) is 5.91 Å². The summed E-state index contributed by atoms with van der Waals surface area (Å²) in [6.45, 7) is 2.04. The van der Waals surface area contributed by atoms with Gasteiger partial charge in [-0.25, -0.2) is 9.79 Å². The first-order valence-corrected chi connectivity index (χ1v) is 8.03. The van der Waals surface area contributed by atoms with Gasteiger partial charge in [-0.05, 0) is 24.6 Å². The summed E-state index contributed by atoms with van der Waals surface area (Å²) in [7, 11) is 0. The second-order valence-corrected chi connectivity index (χ2v) is 5.40. The maximum atomic E-state index is 12.5. The van der Waals surface area contributed by atoms with Crippen molar-refractivity contribution >= 4 is 23.7 Å². The van der Waals surface area contributed by atoms with Crippen LogP contribution in [0.1, 0.15) is 28.4 Å². The molecule has 25 heavy (non-hydrogen) atoms. The van der Waals surface area contributed by atoms with E-state index in [4.69, 9.17) is 4.74 Å². The molecule has 0 fully saturated rings. The molecule has 0 saturated carbocycles. The summed E-state index contributed by atoms with van der Waals surface area (Å²) in [4.78, 5) is 28.7. The molecule has 0 aromatic heterocycles. The summed E-state index contributed by atoms with van der Waals surface area (Å²) in [5.74, 6) is -0.808. The Kier molecular flexibility index (Phi) is 5.00. The summed E-state index contributed by atoms with van der Waals surface area (Å²) in [5.41, 5.74) is 3.28. The highest BCUT2D eigenvalue weighted by atomic mass is 16.5. The van der Waals surface area contributed by atoms with Gasteiger partial charge in [-0.1, -0.05) is 54.6 Å². The molecule has 1 amide bonds. The van der Waals surface area contributed by atoms with E-state index < -0.39 is 5.97 Å². The van der Waals surface area contributed by atoms with Crippen LogP contribution in [0.3, 0.4) is 0 Å². The average Bonchev–Trinajstić information content (AvgIpc) is 2.64. The van der Waals surface area contributed by atoms with Crippen molar-refractivity contribution in [2.45, 2.75) is 6.92 Å². The van der Waals surface area contributed by atoms with E-state index in [1.165, 1.54) is 6.08 Å². The molecule has 4 heteroatoms. The van der Waals surface area contributed by atoms with Gasteiger partial charge in [-0.3, -0.25) is 4.79 Å². The third-order valence-electron chi connectivity index (χ3n) is 3.73. The first-order chi connectivity index (χ1) is 12.2. The summed E-state index contributed by atoms with van der Waals surface area (Å²) in [5, 5.41) is 0. The quantitative estimate of drug-likeness (QED) is 0.634. The summed E-state index contributed by atoms with van der Waals surface area (Å²) >= 11 is 0. The van der Waals surface area contributed by atoms with Crippen molar-refractivity contribution in [1.29, 1.82) is 0 Å². The number of benzene rings is 2. The van der Waals surface area contributed by atoms with Crippen LogP contribution in [0, 0.1) is 0 Å². The number of carbonyl (C=O) groups excluding carboxylic acids is 2. The first-order valence-electron chi connectivity index (χ1n) is 8.03. The molecule has 0 saturated heterocycles. The molecule has 0 unspecified atom stereocenters. The normalized spacial score (nSPS) is 15.9. The van der Waals surface area contributed by atoms with Gasteiger partial charge in [0.2, 0.25) is 0 Å². The fourth-order valence-corrected chi connectivity index (χ4v) is 2.57. The van der Waals surface area contributed by atoms with Crippen LogP contribution in [-0.2, 0) is 9.53 Å². The molecular weight excluding hydrogens is 314 g/mol. The topological polar surface area (TPSA) is 55.7 Å². The summed E-state index contributed by atoms with van der Waals surface area (Å²) in [6.07, 6.45) is 5.04. The minimum atomic E-state index is -0.457. The Bertz CT molecular complexity index is 892. The lowest BCUT2D eigenvalue weighted by Crippen LogP contribution is -2.14. The molecule has 0 N–H and O–H groups in total. The Labute approximate surface area is 146 Å². The highest BCUT2D eigenvalue weighted by Crippen LogP contribution is 2.24. The fourth-order valence-electron chi connectivity index (χ4n) is 2.57. The molecule has 0 spiro atoms. The van der Waals surface area contributed by atoms with E-state index in [1.54, 1.807) is 37.3 Å². The second kappa shape index (κ2) is 7.53. The minimum absolute atomic E-state index is 0.290. The van der Waals surface area contributed by atoms with E-state index in [0.717, 1.165) is 11.1 Å². The van der Waals surface area contributed by atoms with Gasteiger partial charge in [0, 0.05) is 22.8 Å². The van der Waals surface area contributed by atoms with Crippen molar-refractivity contribution in [3.8, 4) is 0 Å². The summed E-state index contributed by atoms with van der Waals surface area (Å²) < 4.78 is 4.98. The Hall–Kier alpha value is -3.27. The van der Waals surface area contributed by atoms with Crippen LogP contribution in [0.2, 0.25) is 0 Å². The number of esters is 1. The van der Waals surface area contributed by atoms with Crippen LogP contribution < -0.4 is 0 Å². The Balaban J connectivity index is 2.07. The number of aliphatic imine (C=N–C) groups is 1. The van der Waals surface area contributed by atoms with E-state index in [2.05, 4.69) is 4.99 Å². The predicted octanol–water partition coefficient (Wildman–Crippen LogP) is 3.83. The largest absolute Gasteiger partial charge is 0.463 e. The van der Waals surface area contributed by atoms with Gasteiger partial charge >= 0.3 is 5.97 Å². The Morgan fingerprint density at radius 2 is 1.72 bits per heavy atom. The zero-order valence-electron chi connectivity index (χ0n) is 13.8. The van der Waals surface area contributed by atoms with Crippen molar-refractivity contribution in [2.24, 2.45) is 4.99 Å². The highest BCUT2D eigenvalue weighted by Gasteiger charge is 2.19. The standard InChI is InChI=1S/C21H17NO3/c1-2-25-19(23)14-17-13-12-15-8-6-7-11-18(15)20(17)22-21(24)16-9-4-3-5-10-16/h3-14H,2H2,1H3/b17-14-,22-20?. The van der Waals surface area contributed by atoms with Gasteiger partial charge in [0.15, 0.2) is 0 Å². The maximum Gasteiger partial charge on any atom is 0.331 e. The van der Waals surface area contributed by atoms with E-state index in [1.807, 2.05) is 36.4 Å². The molecule has 4 nitrogen and oxygen atoms in total. The molecule has 0 aliphatic heterocycles. The summed E-state index contributed by atoms with van der Waals surface area (Å²) in [6, 6.07) is 16.5. The van der Waals surface area contributed by atoms with Crippen LogP contribution >= 0.6 is 0 Å². The minimum Gasteiger partial charge on any atom is -0.463 e. The second-order valence-electron chi connectivity index (χ2n) is 5.40. The lowest BCUT2D eigenvalue weighted by Gasteiger charge is -2.15. The molecule has 0 heterocycles. The highest BCUT2D eigenvalue weighted by molar-refractivity contribution is 6.24. The fraction of sp³-hybridized carbons (Fsp3) is 0.0952. The maximum absolute atomic E-state index is 12.5. The Morgan fingerprint density at radius 1 is 1.00 bits per heavy atom. The lowest BCUT2D eigenvalue weighted by molar-refractivity contribution is -0.137. The molecule has 2 aromatic carbocycles. The molecule has 3 rings (SSSR count). The number of hydrogen-bond donors (Lipinski definition) is 0. The predicted molar refractivity (Wildman–Crippen MR) is 97.5 cm³/mol. The average molecular weight is 331 g/mol. The molecule has 0 atom stereocenters. The number of hydrogen-bond acceptors (Lipinski definition) is 3. The number of amides is 1. The zero-order chi connectivity index (χ0) is 17.6. The van der Waals surface area contributed by atoms with Crippen molar-refractivity contribution in [2.75, 3.05) is 6.61 Å². The smallest absolute Gasteiger partial charge is 0.331 e. The van der Waals surface area contributed by atoms with Gasteiger partial charge in [0.25, 0.3) is 5.91 Å². The Morgan fingerprint density at radius 3 is 2.48 bits per heavy atom. The van der Waals surface area contributed by atoms with Gasteiger partial charge in [0.1, 0.15) is 0 Å². The molecular formula is C21H17NO3. The van der Waals surface area contributed by atoms with Crippen molar-refractivity contribution < 1.29 is 14.3 Å². The van der Waals surface area contributed by atoms with Crippen LogP contribution in [-0.4, -0.2) is 24.2 Å². The van der Waals surface area contributed by atoms with E-state index >= 15 is 0 Å². The van der Waals surface area contributed by atoms with Gasteiger partial charge in [0.05, 0.1) is 12.3 Å². The number of nitrogens with zero attached hydrogens (tertiary/aromatic N) is 1. The molecule has 1 aliphatic carbocycles. The van der Waals surface area contributed by atoms with Gasteiger partial charge < -0.3 is 4.74 Å². The third kappa shape index (κ3) is 3.80. The van der Waals surface area contributed by atoms with Crippen molar-refractivity contribution in [3.05, 3.63) is 89.0 Å². The first kappa shape index (κ1) is 16.6. The van der Waals surface area contributed by atoms with Crippen LogP contribution in [0.15, 0.2) is 77.3 Å². The lowest BCUT2D eigenvalue weighted by atomic mass is 9.91. The number of fused-ring (bicyclic) bond motifs is 1. The van der Waals surface area contributed by atoms with E-state index in [9.17, 15) is 9.59 Å². The van der Waals surface area contributed by atoms with E-state index in [0.29, 0.717) is 23.5 Å². The SMILES string of the molecule is CCOC(=O)/C=C1/C=Cc2ccccc2C1=NC(=O)c1ccccc1. The van der Waals surface area contributed by atoms with Crippen LogP contribution in [0.25, 0.3) is 6.08 Å². The third-order valence-corrected chi connectivity index (χ3v) is 3.73. The number of carbonyl (C=O) groups is 2.